The molecule has 8 heteroatoms. The maximum absolute atomic E-state index is 9.51. The number of hydrogen-bond acceptors (Lipinski definition) is 5. The fraction of sp³-hybridized carbons (Fsp3) is 0.857. The molecule has 0 aliphatic heterocycles. The zero-order valence-electron chi connectivity index (χ0n) is 9.13. The largest absolute Gasteiger partial charge is 1.00 e. The molecule has 0 aromatic heterocycles. The molecule has 0 spiro atoms. The summed E-state index contributed by atoms with van der Waals surface area (Å²) in [5.74, 6) is 0. The van der Waals surface area contributed by atoms with Gasteiger partial charge in [0.1, 0.15) is 0 Å². The number of methoxy groups -OCH3 is 2. The van der Waals surface area contributed by atoms with Crippen molar-refractivity contribution in [2.75, 3.05) is 20.8 Å². The second kappa shape index (κ2) is 16.5. The first-order valence-electron chi connectivity index (χ1n) is 3.80. The third-order valence-electron chi connectivity index (χ3n) is 1.19. The molecule has 0 saturated carbocycles. The van der Waals surface area contributed by atoms with E-state index in [0.717, 1.165) is 0 Å². The van der Waals surface area contributed by atoms with E-state index in [-0.39, 0.29) is 42.5 Å². The van der Waals surface area contributed by atoms with Crippen LogP contribution < -0.4 is 34.8 Å². The Morgan fingerprint density at radius 1 is 1.33 bits per heavy atom. The van der Waals surface area contributed by atoms with E-state index in [9.17, 15) is 5.26 Å². The van der Waals surface area contributed by atoms with Gasteiger partial charge in [-0.3, -0.25) is 0 Å². The Bertz CT molecular complexity index is 125. The summed E-state index contributed by atoms with van der Waals surface area (Å²) in [5, 5.41) is 23.5. The Balaban J connectivity index is -0.000000249. The van der Waals surface area contributed by atoms with Crippen molar-refractivity contribution in [3.8, 4) is 0 Å². The minimum atomic E-state index is -1.83. The number of carbonyl (C=O) groups is 1. The van der Waals surface area contributed by atoms with Crippen LogP contribution >= 0.6 is 0 Å². The van der Waals surface area contributed by atoms with Crippen molar-refractivity contribution in [2.24, 2.45) is 0 Å². The molecule has 0 saturated heterocycles. The molecule has 0 aliphatic carbocycles. The summed E-state index contributed by atoms with van der Waals surface area (Å²) in [4.78, 5) is 12.2. The molecule has 0 amide bonds. The van der Waals surface area contributed by atoms with Crippen LogP contribution in [0.15, 0.2) is 0 Å². The van der Waals surface area contributed by atoms with Crippen LogP contribution in [0.4, 0.5) is 4.79 Å². The fourth-order valence-corrected chi connectivity index (χ4v) is 0.641. The second-order valence-corrected chi connectivity index (χ2v) is 2.15. The summed E-state index contributed by atoms with van der Waals surface area (Å²) in [6.07, 6.45) is -0.694. The van der Waals surface area contributed by atoms with Crippen molar-refractivity contribution < 1.29 is 64.2 Å². The fourth-order valence-electron chi connectivity index (χ4n) is 0.641. The average molecular weight is 234 g/mol. The summed E-state index contributed by atoms with van der Waals surface area (Å²) in [6.45, 7) is 0.212. The van der Waals surface area contributed by atoms with E-state index in [1.165, 1.54) is 0 Å². The molecule has 0 aromatic carbocycles. The molecule has 0 fully saturated rings. The summed E-state index contributed by atoms with van der Waals surface area (Å²) < 4.78 is 9.73. The van der Waals surface area contributed by atoms with Crippen molar-refractivity contribution >= 4 is 6.16 Å². The summed E-state index contributed by atoms with van der Waals surface area (Å²) >= 11 is 0. The first kappa shape index (κ1) is 20.5. The van der Waals surface area contributed by atoms with Crippen LogP contribution in [-0.4, -0.2) is 43.5 Å². The Kier molecular flexibility index (Phi) is 22.6. The maximum Gasteiger partial charge on any atom is 1.00 e. The van der Waals surface area contributed by atoms with E-state index < -0.39 is 6.16 Å². The van der Waals surface area contributed by atoms with Gasteiger partial charge in [-0.2, -0.15) is 0 Å². The van der Waals surface area contributed by atoms with E-state index in [0.29, 0.717) is 12.8 Å². The topological polar surface area (TPSA) is 108 Å². The molecule has 0 aliphatic rings. The average Bonchev–Trinajstić information content (AvgIpc) is 2.12. The number of ether oxygens (including phenoxy) is 2. The van der Waals surface area contributed by atoms with Crippen molar-refractivity contribution in [3.63, 3.8) is 0 Å². The van der Waals surface area contributed by atoms with E-state index in [2.05, 4.69) is 4.89 Å². The summed E-state index contributed by atoms with van der Waals surface area (Å²) in [6, 6.07) is 0. The van der Waals surface area contributed by atoms with Gasteiger partial charge in [0.2, 0.25) is 0 Å². The van der Waals surface area contributed by atoms with E-state index in [1.807, 2.05) is 0 Å². The predicted octanol–water partition coefficient (Wildman–Crippen LogP) is -3.10. The molecule has 7 nitrogen and oxygen atoms in total. The van der Waals surface area contributed by atoms with Gasteiger partial charge in [-0.05, 0) is 6.42 Å². The van der Waals surface area contributed by atoms with Crippen molar-refractivity contribution in [1.29, 1.82) is 0 Å². The monoisotopic (exact) mass is 234 g/mol. The molecule has 0 atom stereocenters. The van der Waals surface area contributed by atoms with Gasteiger partial charge in [0.15, 0.2) is 6.29 Å². The van der Waals surface area contributed by atoms with Crippen LogP contribution in [-0.2, 0) is 14.4 Å². The Morgan fingerprint density at radius 2 is 1.73 bits per heavy atom. The molecule has 0 bridgehead atoms. The first-order valence-corrected chi connectivity index (χ1v) is 3.80. The van der Waals surface area contributed by atoms with Gasteiger partial charge in [0.25, 0.3) is 0 Å². The smallest absolute Gasteiger partial charge is 0.723 e. The van der Waals surface area contributed by atoms with Gasteiger partial charge < -0.3 is 29.8 Å². The molecular formula is C7H15NaO7. The number of rotatable bonds is 6. The van der Waals surface area contributed by atoms with Gasteiger partial charge in [-0.15, -0.1) is 0 Å². The molecule has 0 rings (SSSR count). The third kappa shape index (κ3) is 24.9. The van der Waals surface area contributed by atoms with E-state index in [4.69, 9.17) is 24.5 Å². The van der Waals surface area contributed by atoms with Crippen molar-refractivity contribution in [1.82, 2.24) is 0 Å². The molecule has 15 heavy (non-hydrogen) atoms. The van der Waals surface area contributed by atoms with E-state index >= 15 is 0 Å². The zero-order valence-corrected chi connectivity index (χ0v) is 11.1. The zero-order chi connectivity index (χ0) is 11.4. The van der Waals surface area contributed by atoms with Gasteiger partial charge >= 0.3 is 35.7 Å². The van der Waals surface area contributed by atoms with Crippen LogP contribution in [0.3, 0.4) is 0 Å². The number of hydrogen-bond donors (Lipinski definition) is 2. The van der Waals surface area contributed by atoms with Crippen LogP contribution in [0.1, 0.15) is 12.8 Å². The normalized spacial score (nSPS) is 8.80. The van der Waals surface area contributed by atoms with Crippen LogP contribution in [0, 0.1) is 0 Å². The Labute approximate surface area is 110 Å². The molecule has 0 aromatic rings. The SMILES string of the molecule is COC(CCCO[O-])OC.O=C(O)O.[Na+]. The van der Waals surface area contributed by atoms with Gasteiger partial charge in [0, 0.05) is 27.2 Å². The second-order valence-electron chi connectivity index (χ2n) is 2.15. The Morgan fingerprint density at radius 3 is 2.00 bits per heavy atom. The summed E-state index contributed by atoms with van der Waals surface area (Å²) in [7, 11) is 3.12. The molecule has 0 unspecified atom stereocenters. The van der Waals surface area contributed by atoms with Crippen LogP contribution in [0.5, 0.6) is 0 Å². The van der Waals surface area contributed by atoms with Gasteiger partial charge in [-0.25, -0.2) is 4.79 Å². The Hall–Kier alpha value is 0.110. The molecule has 86 valence electrons. The van der Waals surface area contributed by atoms with Crippen LogP contribution in [0.25, 0.3) is 0 Å². The quantitative estimate of drug-likeness (QED) is 0.165. The minimum Gasteiger partial charge on any atom is -0.723 e. The predicted molar refractivity (Wildman–Crippen MR) is 43.6 cm³/mol. The third-order valence-corrected chi connectivity index (χ3v) is 1.19. The number of carboxylic acid groups (broad SMARTS) is 2. The summed E-state index contributed by atoms with van der Waals surface area (Å²) in [5.41, 5.74) is 0. The maximum atomic E-state index is 9.51. The van der Waals surface area contributed by atoms with Gasteiger partial charge in [-0.1, -0.05) is 0 Å². The standard InChI is InChI=1S/C6H14O4.CH2O3.Na/c1-8-6(9-2)4-3-5-10-7;2-1(3)4;/h6-7H,3-5H2,1-2H3;(H2,2,3,4);/q;;+1/p-1. The van der Waals surface area contributed by atoms with Crippen LogP contribution in [0.2, 0.25) is 0 Å². The molecule has 0 heterocycles. The molecule has 0 radical (unpaired) electrons. The van der Waals surface area contributed by atoms with Gasteiger partial charge in [0.05, 0.1) is 0 Å². The first-order chi connectivity index (χ1) is 6.58. The van der Waals surface area contributed by atoms with E-state index in [1.54, 1.807) is 14.2 Å². The molecule has 2 N–H and O–H groups in total. The van der Waals surface area contributed by atoms with Crippen molar-refractivity contribution in [2.45, 2.75) is 19.1 Å². The van der Waals surface area contributed by atoms with Crippen molar-refractivity contribution in [3.05, 3.63) is 0 Å². The molecular weight excluding hydrogens is 219 g/mol. The minimum absolute atomic E-state index is 0.